The van der Waals surface area contributed by atoms with Crippen molar-refractivity contribution in [2.75, 3.05) is 32.1 Å². The molecule has 142 valence electrons. The molecule has 3 amide bonds. The molecule has 1 aliphatic rings. The van der Waals surface area contributed by atoms with Gasteiger partial charge in [-0.05, 0) is 30.2 Å². The normalized spacial score (nSPS) is 16.6. The quantitative estimate of drug-likeness (QED) is 0.753. The van der Waals surface area contributed by atoms with Crippen molar-refractivity contribution in [3.63, 3.8) is 0 Å². The van der Waals surface area contributed by atoms with Gasteiger partial charge in [0.2, 0.25) is 5.91 Å². The van der Waals surface area contributed by atoms with Crippen LogP contribution in [0.25, 0.3) is 11.1 Å². The number of nitrogens with one attached hydrogen (secondary N) is 2. The molecule has 0 aromatic heterocycles. The number of urea groups is 1. The fourth-order valence-electron chi connectivity index (χ4n) is 3.17. The van der Waals surface area contributed by atoms with Crippen molar-refractivity contribution in [3.05, 3.63) is 48.5 Å². The Morgan fingerprint density at radius 1 is 1.26 bits per heavy atom. The highest BCUT2D eigenvalue weighted by atomic mass is 16.5. The van der Waals surface area contributed by atoms with Gasteiger partial charge in [-0.3, -0.25) is 4.79 Å². The Labute approximate surface area is 157 Å². The molecule has 2 aromatic rings. The summed E-state index contributed by atoms with van der Waals surface area (Å²) in [5, 5.41) is 14.9. The number of hydrogen-bond acceptors (Lipinski definition) is 4. The molecule has 0 bridgehead atoms. The average molecular weight is 369 g/mol. The number of nitrogens with zero attached hydrogens (tertiary/aromatic N) is 1. The second-order valence-electron chi connectivity index (χ2n) is 6.22. The van der Waals surface area contributed by atoms with Gasteiger partial charge < -0.3 is 25.4 Å². The minimum atomic E-state index is -0.670. The van der Waals surface area contributed by atoms with E-state index in [0.717, 1.165) is 16.9 Å². The van der Waals surface area contributed by atoms with E-state index in [1.807, 2.05) is 48.5 Å². The second kappa shape index (κ2) is 8.55. The molecule has 0 spiro atoms. The summed E-state index contributed by atoms with van der Waals surface area (Å²) < 4.78 is 5.19. The number of hydrogen-bond donors (Lipinski definition) is 3. The van der Waals surface area contributed by atoms with Crippen LogP contribution in [0.2, 0.25) is 0 Å². The third-order valence-corrected chi connectivity index (χ3v) is 4.56. The van der Waals surface area contributed by atoms with E-state index in [2.05, 4.69) is 10.6 Å². The molecule has 3 N–H and O–H groups in total. The molecular formula is C20H23N3O4. The number of carbonyl (C=O) groups is 2. The van der Waals surface area contributed by atoms with Crippen LogP contribution in [0.15, 0.2) is 48.5 Å². The lowest BCUT2D eigenvalue weighted by molar-refractivity contribution is -0.128. The molecule has 1 atom stereocenters. The summed E-state index contributed by atoms with van der Waals surface area (Å²) in [7, 11) is 1.61. The van der Waals surface area contributed by atoms with Crippen LogP contribution in [-0.2, 0) is 4.79 Å². The zero-order valence-corrected chi connectivity index (χ0v) is 15.1. The van der Waals surface area contributed by atoms with E-state index >= 15 is 0 Å². The van der Waals surface area contributed by atoms with Crippen molar-refractivity contribution in [2.45, 2.75) is 12.5 Å². The van der Waals surface area contributed by atoms with E-state index in [9.17, 15) is 14.7 Å². The first-order valence-electron chi connectivity index (χ1n) is 8.83. The van der Waals surface area contributed by atoms with Gasteiger partial charge in [0.25, 0.3) is 0 Å². The van der Waals surface area contributed by atoms with Crippen LogP contribution in [0.5, 0.6) is 5.75 Å². The number of ether oxygens (including phenoxy) is 1. The van der Waals surface area contributed by atoms with Crippen molar-refractivity contribution in [3.8, 4) is 16.9 Å². The third-order valence-electron chi connectivity index (χ3n) is 4.56. The predicted octanol–water partition coefficient (Wildman–Crippen LogP) is 2.08. The molecule has 3 rings (SSSR count). The number of carbonyl (C=O) groups excluding carboxylic acids is 2. The first-order chi connectivity index (χ1) is 13.1. The molecule has 27 heavy (non-hydrogen) atoms. The summed E-state index contributed by atoms with van der Waals surface area (Å²) >= 11 is 0. The number of anilines is 1. The Kier molecular flexibility index (Phi) is 5.93. The van der Waals surface area contributed by atoms with Gasteiger partial charge >= 0.3 is 6.03 Å². The molecule has 1 aliphatic heterocycles. The van der Waals surface area contributed by atoms with Gasteiger partial charge in [-0.15, -0.1) is 0 Å². The standard InChI is InChI=1S/C20H23N3O4/c1-27-15-8-6-14(7-9-15)16-4-2-3-5-17(16)22-20(26)23-12-11-21-19(25)18(23)10-13-24/h2-9,18,24H,10-13H2,1H3,(H,21,25)(H,22,26)/t18-/m0/s1. The predicted molar refractivity (Wildman–Crippen MR) is 103 cm³/mol. The second-order valence-corrected chi connectivity index (χ2v) is 6.22. The zero-order valence-electron chi connectivity index (χ0n) is 15.1. The molecular weight excluding hydrogens is 346 g/mol. The first kappa shape index (κ1) is 18.7. The highest BCUT2D eigenvalue weighted by Gasteiger charge is 2.32. The van der Waals surface area contributed by atoms with E-state index in [1.54, 1.807) is 7.11 Å². The SMILES string of the molecule is COc1ccc(-c2ccccc2NC(=O)N2CCNC(=O)[C@@H]2CCO)cc1. The van der Waals surface area contributed by atoms with Gasteiger partial charge in [0.05, 0.1) is 12.8 Å². The van der Waals surface area contributed by atoms with Gasteiger partial charge in [0.15, 0.2) is 0 Å². The molecule has 1 saturated heterocycles. The molecule has 7 heteroatoms. The lowest BCUT2D eigenvalue weighted by Gasteiger charge is -2.34. The number of methoxy groups -OCH3 is 1. The van der Waals surface area contributed by atoms with Crippen LogP contribution in [0, 0.1) is 0 Å². The monoisotopic (exact) mass is 369 g/mol. The van der Waals surface area contributed by atoms with Gasteiger partial charge in [0.1, 0.15) is 11.8 Å². The van der Waals surface area contributed by atoms with Crippen molar-refractivity contribution in [2.24, 2.45) is 0 Å². The Morgan fingerprint density at radius 2 is 2.00 bits per heavy atom. The molecule has 7 nitrogen and oxygen atoms in total. The van der Waals surface area contributed by atoms with Crippen LogP contribution < -0.4 is 15.4 Å². The summed E-state index contributed by atoms with van der Waals surface area (Å²) in [6, 6.07) is 14.0. The maximum atomic E-state index is 12.8. The molecule has 0 aliphatic carbocycles. The van der Waals surface area contributed by atoms with Gasteiger partial charge in [-0.2, -0.15) is 0 Å². The molecule has 0 saturated carbocycles. The Morgan fingerprint density at radius 3 is 2.70 bits per heavy atom. The van der Waals surface area contributed by atoms with Crippen LogP contribution in [0.4, 0.5) is 10.5 Å². The minimum Gasteiger partial charge on any atom is -0.497 e. The zero-order chi connectivity index (χ0) is 19.2. The molecule has 1 heterocycles. The van der Waals surface area contributed by atoms with Crippen LogP contribution in [0.1, 0.15) is 6.42 Å². The highest BCUT2D eigenvalue weighted by molar-refractivity contribution is 5.97. The van der Waals surface area contributed by atoms with Gasteiger partial charge in [0, 0.05) is 25.3 Å². The largest absolute Gasteiger partial charge is 0.497 e. The highest BCUT2D eigenvalue weighted by Crippen LogP contribution is 2.29. The van der Waals surface area contributed by atoms with Crippen LogP contribution in [-0.4, -0.2) is 54.8 Å². The van der Waals surface area contributed by atoms with Crippen molar-refractivity contribution in [1.29, 1.82) is 0 Å². The molecule has 0 unspecified atom stereocenters. The Hall–Kier alpha value is -3.06. The van der Waals surface area contributed by atoms with Gasteiger partial charge in [-0.25, -0.2) is 4.79 Å². The molecule has 2 aromatic carbocycles. The number of rotatable bonds is 5. The van der Waals surface area contributed by atoms with E-state index in [4.69, 9.17) is 4.74 Å². The fourth-order valence-corrected chi connectivity index (χ4v) is 3.17. The summed E-state index contributed by atoms with van der Waals surface area (Å²) in [5.41, 5.74) is 2.46. The van der Waals surface area contributed by atoms with E-state index < -0.39 is 6.04 Å². The number of piperazine rings is 1. The third kappa shape index (κ3) is 4.20. The summed E-state index contributed by atoms with van der Waals surface area (Å²) in [6.07, 6.45) is 0.208. The van der Waals surface area contributed by atoms with Crippen molar-refractivity contribution in [1.82, 2.24) is 10.2 Å². The number of aliphatic hydroxyl groups excluding tert-OH is 1. The molecule has 0 radical (unpaired) electrons. The minimum absolute atomic E-state index is 0.162. The Balaban J connectivity index is 1.82. The van der Waals surface area contributed by atoms with E-state index in [0.29, 0.717) is 18.8 Å². The lowest BCUT2D eigenvalue weighted by Crippen LogP contribution is -2.58. The number of para-hydroxylation sites is 1. The summed E-state index contributed by atoms with van der Waals surface area (Å²) in [6.45, 7) is 0.631. The van der Waals surface area contributed by atoms with Gasteiger partial charge in [-0.1, -0.05) is 30.3 Å². The fraction of sp³-hybridized carbons (Fsp3) is 0.300. The first-order valence-corrected chi connectivity index (χ1v) is 8.83. The van der Waals surface area contributed by atoms with E-state index in [-0.39, 0.29) is 25.0 Å². The van der Waals surface area contributed by atoms with Crippen molar-refractivity contribution >= 4 is 17.6 Å². The molecule has 1 fully saturated rings. The van der Waals surface area contributed by atoms with Crippen molar-refractivity contribution < 1.29 is 19.4 Å². The lowest BCUT2D eigenvalue weighted by atomic mass is 10.0. The average Bonchev–Trinajstić information content (AvgIpc) is 2.70. The maximum absolute atomic E-state index is 12.8. The van der Waals surface area contributed by atoms with E-state index in [1.165, 1.54) is 4.90 Å². The van der Waals surface area contributed by atoms with Crippen LogP contribution in [0.3, 0.4) is 0 Å². The summed E-state index contributed by atoms with van der Waals surface area (Å²) in [5.74, 6) is 0.514. The number of amides is 3. The van der Waals surface area contributed by atoms with Crippen LogP contribution >= 0.6 is 0 Å². The smallest absolute Gasteiger partial charge is 0.322 e. The number of aliphatic hydroxyl groups is 1. The Bertz CT molecular complexity index is 807. The summed E-state index contributed by atoms with van der Waals surface area (Å²) in [4.78, 5) is 26.3. The number of benzene rings is 2. The topological polar surface area (TPSA) is 90.9 Å². The maximum Gasteiger partial charge on any atom is 0.322 e.